The number of amides is 1. The predicted molar refractivity (Wildman–Crippen MR) is 84.4 cm³/mol. The number of rotatable bonds is 6. The van der Waals surface area contributed by atoms with Gasteiger partial charge in [-0.1, -0.05) is 30.3 Å². The predicted octanol–water partition coefficient (Wildman–Crippen LogP) is 2.46. The first-order valence-corrected chi connectivity index (χ1v) is 7.07. The Hall–Kier alpha value is -2.56. The van der Waals surface area contributed by atoms with Crippen molar-refractivity contribution >= 4 is 5.91 Å². The van der Waals surface area contributed by atoms with Crippen LogP contribution in [0.5, 0.6) is 11.8 Å². The lowest BCUT2D eigenvalue weighted by Crippen LogP contribution is -2.34. The van der Waals surface area contributed by atoms with E-state index in [2.05, 4.69) is 10.3 Å². The minimum atomic E-state index is -0.178. The van der Waals surface area contributed by atoms with Gasteiger partial charge in [-0.2, -0.15) is 4.98 Å². The van der Waals surface area contributed by atoms with Crippen molar-refractivity contribution in [1.82, 2.24) is 10.3 Å². The van der Waals surface area contributed by atoms with Gasteiger partial charge in [-0.15, -0.1) is 0 Å². The van der Waals surface area contributed by atoms with Crippen molar-refractivity contribution in [3.8, 4) is 11.8 Å². The van der Waals surface area contributed by atoms with Crippen LogP contribution in [-0.4, -0.2) is 31.2 Å². The monoisotopic (exact) mass is 300 g/mol. The molecular formula is C17H20N2O3. The number of ether oxygens (including phenoxy) is 2. The molecule has 2 rings (SSSR count). The molecule has 0 spiro atoms. The molecule has 0 radical (unpaired) electrons. The van der Waals surface area contributed by atoms with Crippen molar-refractivity contribution in [3.63, 3.8) is 0 Å². The van der Waals surface area contributed by atoms with E-state index in [1.165, 1.54) is 19.8 Å². The number of methoxy groups -OCH3 is 2. The maximum absolute atomic E-state index is 12.3. The smallest absolute Gasteiger partial charge is 0.251 e. The molecule has 0 fully saturated rings. The fourth-order valence-electron chi connectivity index (χ4n) is 2.15. The van der Waals surface area contributed by atoms with Gasteiger partial charge in [-0.25, -0.2) is 0 Å². The summed E-state index contributed by atoms with van der Waals surface area (Å²) in [5, 5.41) is 2.97. The van der Waals surface area contributed by atoms with E-state index in [0.717, 1.165) is 6.42 Å². The van der Waals surface area contributed by atoms with E-state index in [1.807, 2.05) is 37.3 Å². The summed E-state index contributed by atoms with van der Waals surface area (Å²) in [5.74, 6) is 0.517. The Morgan fingerprint density at radius 3 is 2.27 bits per heavy atom. The van der Waals surface area contributed by atoms with Gasteiger partial charge in [0, 0.05) is 18.2 Å². The SMILES string of the molecule is COc1cc(C(=O)NC(C)Cc2ccccc2)cc(OC)n1. The quantitative estimate of drug-likeness (QED) is 0.890. The molecule has 116 valence electrons. The molecule has 0 aliphatic carbocycles. The minimum Gasteiger partial charge on any atom is -0.481 e. The number of nitrogens with zero attached hydrogens (tertiary/aromatic N) is 1. The van der Waals surface area contributed by atoms with Gasteiger partial charge in [-0.3, -0.25) is 4.79 Å². The zero-order valence-electron chi connectivity index (χ0n) is 13.0. The number of pyridine rings is 1. The van der Waals surface area contributed by atoms with E-state index in [4.69, 9.17) is 9.47 Å². The van der Waals surface area contributed by atoms with Gasteiger partial charge in [0.1, 0.15) is 0 Å². The van der Waals surface area contributed by atoms with Gasteiger partial charge in [0.05, 0.1) is 19.8 Å². The van der Waals surface area contributed by atoms with E-state index >= 15 is 0 Å². The summed E-state index contributed by atoms with van der Waals surface area (Å²) in [6, 6.07) is 13.2. The summed E-state index contributed by atoms with van der Waals surface area (Å²) in [7, 11) is 3.00. The molecule has 5 heteroatoms. The Morgan fingerprint density at radius 2 is 1.73 bits per heavy atom. The highest BCUT2D eigenvalue weighted by Crippen LogP contribution is 2.17. The molecule has 2 aromatic rings. The van der Waals surface area contributed by atoms with Crippen molar-refractivity contribution < 1.29 is 14.3 Å². The van der Waals surface area contributed by atoms with Crippen LogP contribution in [0.2, 0.25) is 0 Å². The van der Waals surface area contributed by atoms with Gasteiger partial charge in [0.25, 0.3) is 5.91 Å². The van der Waals surface area contributed by atoms with Gasteiger partial charge < -0.3 is 14.8 Å². The molecule has 1 unspecified atom stereocenters. The topological polar surface area (TPSA) is 60.5 Å². The van der Waals surface area contributed by atoms with E-state index in [1.54, 1.807) is 12.1 Å². The van der Waals surface area contributed by atoms with Crippen molar-refractivity contribution in [1.29, 1.82) is 0 Å². The first-order valence-electron chi connectivity index (χ1n) is 7.07. The van der Waals surface area contributed by atoms with Crippen LogP contribution in [0.25, 0.3) is 0 Å². The molecule has 1 aromatic heterocycles. The van der Waals surface area contributed by atoms with Crippen LogP contribution in [0.15, 0.2) is 42.5 Å². The summed E-state index contributed by atoms with van der Waals surface area (Å²) in [6.07, 6.45) is 0.770. The molecule has 5 nitrogen and oxygen atoms in total. The van der Waals surface area contributed by atoms with Crippen molar-refractivity contribution in [2.24, 2.45) is 0 Å². The lowest BCUT2D eigenvalue weighted by molar-refractivity contribution is 0.0939. The molecule has 0 saturated heterocycles. The summed E-state index contributed by atoms with van der Waals surface area (Å²) in [5.41, 5.74) is 1.64. The van der Waals surface area contributed by atoms with E-state index < -0.39 is 0 Å². The number of carbonyl (C=O) groups is 1. The van der Waals surface area contributed by atoms with Crippen LogP contribution in [0.1, 0.15) is 22.8 Å². The largest absolute Gasteiger partial charge is 0.481 e. The maximum Gasteiger partial charge on any atom is 0.251 e. The fraction of sp³-hybridized carbons (Fsp3) is 0.294. The number of carbonyl (C=O) groups excluding carboxylic acids is 1. The highest BCUT2D eigenvalue weighted by atomic mass is 16.5. The summed E-state index contributed by atoms with van der Waals surface area (Å²) >= 11 is 0. The molecule has 1 heterocycles. The number of hydrogen-bond acceptors (Lipinski definition) is 4. The summed E-state index contributed by atoms with van der Waals surface area (Å²) in [6.45, 7) is 1.97. The lowest BCUT2D eigenvalue weighted by Gasteiger charge is -2.14. The zero-order chi connectivity index (χ0) is 15.9. The first kappa shape index (κ1) is 15.8. The third-order valence-electron chi connectivity index (χ3n) is 3.22. The number of benzene rings is 1. The molecule has 0 aliphatic rings. The Kier molecular flexibility index (Phi) is 5.36. The molecular weight excluding hydrogens is 280 g/mol. The van der Waals surface area contributed by atoms with Crippen molar-refractivity contribution in [2.45, 2.75) is 19.4 Å². The molecule has 0 bridgehead atoms. The highest BCUT2D eigenvalue weighted by Gasteiger charge is 2.13. The van der Waals surface area contributed by atoms with Crippen LogP contribution < -0.4 is 14.8 Å². The van der Waals surface area contributed by atoms with Gasteiger partial charge in [-0.05, 0) is 18.9 Å². The van der Waals surface area contributed by atoms with Crippen molar-refractivity contribution in [2.75, 3.05) is 14.2 Å². The standard InChI is InChI=1S/C17H20N2O3/c1-12(9-13-7-5-4-6-8-13)18-17(20)14-10-15(21-2)19-16(11-14)22-3/h4-8,10-12H,9H2,1-3H3,(H,18,20). The second-order valence-electron chi connectivity index (χ2n) is 5.00. The Bertz CT molecular complexity index is 607. The second kappa shape index (κ2) is 7.45. The molecule has 0 saturated carbocycles. The van der Waals surface area contributed by atoms with Crippen molar-refractivity contribution in [3.05, 3.63) is 53.6 Å². The fourth-order valence-corrected chi connectivity index (χ4v) is 2.15. The number of aromatic nitrogens is 1. The lowest BCUT2D eigenvalue weighted by atomic mass is 10.1. The normalized spacial score (nSPS) is 11.6. The minimum absolute atomic E-state index is 0.0139. The van der Waals surface area contributed by atoms with Crippen LogP contribution in [0.4, 0.5) is 0 Å². The number of hydrogen-bond donors (Lipinski definition) is 1. The van der Waals surface area contributed by atoms with Crippen LogP contribution in [-0.2, 0) is 6.42 Å². The maximum atomic E-state index is 12.3. The first-order chi connectivity index (χ1) is 10.6. The van der Waals surface area contributed by atoms with E-state index in [9.17, 15) is 4.79 Å². The molecule has 1 amide bonds. The van der Waals surface area contributed by atoms with E-state index in [0.29, 0.717) is 17.3 Å². The average Bonchev–Trinajstić information content (AvgIpc) is 2.55. The van der Waals surface area contributed by atoms with Gasteiger partial charge in [0.2, 0.25) is 11.8 Å². The van der Waals surface area contributed by atoms with E-state index in [-0.39, 0.29) is 11.9 Å². The zero-order valence-corrected chi connectivity index (χ0v) is 13.0. The third kappa shape index (κ3) is 4.22. The van der Waals surface area contributed by atoms with Gasteiger partial charge >= 0.3 is 0 Å². The average molecular weight is 300 g/mol. The van der Waals surface area contributed by atoms with Gasteiger partial charge in [0.15, 0.2) is 0 Å². The van der Waals surface area contributed by atoms with Crippen LogP contribution in [0, 0.1) is 0 Å². The van der Waals surface area contributed by atoms with Crippen LogP contribution in [0.3, 0.4) is 0 Å². The summed E-state index contributed by atoms with van der Waals surface area (Å²) in [4.78, 5) is 16.4. The number of nitrogens with one attached hydrogen (secondary N) is 1. The highest BCUT2D eigenvalue weighted by molar-refractivity contribution is 5.94. The molecule has 22 heavy (non-hydrogen) atoms. The Balaban J connectivity index is 2.05. The molecule has 1 aromatic carbocycles. The third-order valence-corrected chi connectivity index (χ3v) is 3.22. The Labute approximate surface area is 130 Å². The molecule has 0 aliphatic heterocycles. The van der Waals surface area contributed by atoms with Crippen LogP contribution >= 0.6 is 0 Å². The molecule has 1 N–H and O–H groups in total. The molecule has 1 atom stereocenters. The second-order valence-corrected chi connectivity index (χ2v) is 5.00. The summed E-state index contributed by atoms with van der Waals surface area (Å²) < 4.78 is 10.2. The Morgan fingerprint density at radius 1 is 1.14 bits per heavy atom.